The Morgan fingerprint density at radius 1 is 0.871 bits per heavy atom. The van der Waals surface area contributed by atoms with E-state index in [1.54, 1.807) is 4.90 Å². The number of hydrogen-bond acceptors (Lipinski definition) is 7. The Labute approximate surface area is 177 Å². The fourth-order valence-corrected chi connectivity index (χ4v) is 3.19. The first-order chi connectivity index (χ1) is 15.0. The van der Waals surface area contributed by atoms with Crippen molar-refractivity contribution in [2.24, 2.45) is 0 Å². The molecule has 0 radical (unpaired) electrons. The van der Waals surface area contributed by atoms with Crippen LogP contribution < -0.4 is 19.9 Å². The van der Waals surface area contributed by atoms with Crippen molar-refractivity contribution in [3.8, 4) is 6.01 Å². The molecule has 1 N–H and O–H groups in total. The smallest absolute Gasteiger partial charge is 0.422 e. The zero-order chi connectivity index (χ0) is 21.7. The fourth-order valence-electron chi connectivity index (χ4n) is 3.19. The van der Waals surface area contributed by atoms with Gasteiger partial charge < -0.3 is 15.0 Å². The molecule has 1 saturated heterocycles. The van der Waals surface area contributed by atoms with E-state index in [-0.39, 0.29) is 17.9 Å². The number of aromatic nitrogens is 3. The van der Waals surface area contributed by atoms with Crippen molar-refractivity contribution < 1.29 is 17.9 Å². The van der Waals surface area contributed by atoms with Crippen molar-refractivity contribution in [2.75, 3.05) is 42.6 Å². The Bertz CT molecular complexity index is 942. The normalized spacial score (nSPS) is 14.4. The maximum atomic E-state index is 12.8. The molecule has 0 unspecified atom stereocenters. The molecule has 2 aromatic carbocycles. The summed E-state index contributed by atoms with van der Waals surface area (Å²) >= 11 is 0. The first-order valence-electron chi connectivity index (χ1n) is 9.81. The molecule has 1 aliphatic heterocycles. The van der Waals surface area contributed by atoms with Crippen molar-refractivity contribution in [1.29, 1.82) is 0 Å². The van der Waals surface area contributed by atoms with E-state index in [1.165, 1.54) is 0 Å². The van der Waals surface area contributed by atoms with Crippen LogP contribution in [0.4, 0.5) is 36.4 Å². The highest BCUT2D eigenvalue weighted by atomic mass is 19.4. The molecule has 2 heterocycles. The summed E-state index contributed by atoms with van der Waals surface area (Å²) in [6.45, 7) is 1.22. The van der Waals surface area contributed by atoms with Crippen LogP contribution in [0.5, 0.6) is 6.01 Å². The number of rotatable bonds is 6. The van der Waals surface area contributed by atoms with Gasteiger partial charge in [0.15, 0.2) is 6.61 Å². The van der Waals surface area contributed by atoms with Gasteiger partial charge in [-0.3, -0.25) is 4.90 Å². The van der Waals surface area contributed by atoms with Gasteiger partial charge in [-0.15, -0.1) is 0 Å². The molecule has 1 aliphatic rings. The molecular formula is C21H21F3N6O. The van der Waals surface area contributed by atoms with Crippen molar-refractivity contribution in [3.05, 3.63) is 60.7 Å². The number of alkyl halides is 3. The van der Waals surface area contributed by atoms with Gasteiger partial charge in [0.05, 0.1) is 0 Å². The van der Waals surface area contributed by atoms with Crippen LogP contribution in [0, 0.1) is 0 Å². The summed E-state index contributed by atoms with van der Waals surface area (Å²) in [4.78, 5) is 16.6. The Kier molecular flexibility index (Phi) is 6.17. The second-order valence-corrected chi connectivity index (χ2v) is 6.87. The van der Waals surface area contributed by atoms with Gasteiger partial charge in [0.2, 0.25) is 11.9 Å². The van der Waals surface area contributed by atoms with Crippen LogP contribution in [0.25, 0.3) is 0 Å². The van der Waals surface area contributed by atoms with Crippen LogP contribution in [-0.2, 0) is 0 Å². The van der Waals surface area contributed by atoms with Crippen LogP contribution in [-0.4, -0.2) is 53.9 Å². The number of halogens is 3. The monoisotopic (exact) mass is 430 g/mol. The highest BCUT2D eigenvalue weighted by Gasteiger charge is 2.30. The maximum Gasteiger partial charge on any atom is 0.422 e. The molecule has 0 atom stereocenters. The van der Waals surface area contributed by atoms with Crippen LogP contribution in [0.3, 0.4) is 0 Å². The summed E-state index contributed by atoms with van der Waals surface area (Å²) in [7, 11) is 0. The molecule has 10 heteroatoms. The number of benzene rings is 2. The third-order valence-corrected chi connectivity index (χ3v) is 4.58. The van der Waals surface area contributed by atoms with E-state index in [1.807, 2.05) is 65.6 Å². The first kappa shape index (κ1) is 20.9. The van der Waals surface area contributed by atoms with E-state index in [2.05, 4.69) is 20.3 Å². The number of ether oxygens (including phenoxy) is 1. The summed E-state index contributed by atoms with van der Waals surface area (Å²) in [6, 6.07) is 18.3. The molecule has 31 heavy (non-hydrogen) atoms. The SMILES string of the molecule is FC(F)(F)COc1nc(N2CCNCC2)nc(N(c2ccccc2)c2ccccc2)n1. The topological polar surface area (TPSA) is 66.4 Å². The number of hydrogen-bond donors (Lipinski definition) is 1. The van der Waals surface area contributed by atoms with Gasteiger partial charge in [-0.2, -0.15) is 28.1 Å². The summed E-state index contributed by atoms with van der Waals surface area (Å²) in [5, 5.41) is 3.23. The Morgan fingerprint density at radius 3 is 2.00 bits per heavy atom. The van der Waals surface area contributed by atoms with Crippen molar-refractivity contribution in [2.45, 2.75) is 6.18 Å². The summed E-state index contributed by atoms with van der Waals surface area (Å²) in [5.74, 6) is 0.457. The molecule has 0 aliphatic carbocycles. The summed E-state index contributed by atoms with van der Waals surface area (Å²) in [5.41, 5.74) is 1.51. The minimum Gasteiger partial charge on any atom is -0.454 e. The Hall–Kier alpha value is -3.40. The average Bonchev–Trinajstić information content (AvgIpc) is 2.79. The number of para-hydroxylation sites is 2. The quantitative estimate of drug-likeness (QED) is 0.640. The first-order valence-corrected chi connectivity index (χ1v) is 9.81. The van der Waals surface area contributed by atoms with Crippen molar-refractivity contribution in [3.63, 3.8) is 0 Å². The summed E-state index contributed by atoms with van der Waals surface area (Å²) in [6.07, 6.45) is -4.50. The van der Waals surface area contributed by atoms with E-state index in [0.29, 0.717) is 13.1 Å². The molecule has 0 bridgehead atoms. The molecule has 0 spiro atoms. The second kappa shape index (κ2) is 9.17. The van der Waals surface area contributed by atoms with Crippen LogP contribution in [0.1, 0.15) is 0 Å². The van der Waals surface area contributed by atoms with Gasteiger partial charge in [-0.05, 0) is 24.3 Å². The minimum atomic E-state index is -4.50. The number of nitrogens with zero attached hydrogens (tertiary/aromatic N) is 5. The lowest BCUT2D eigenvalue weighted by Gasteiger charge is -2.29. The number of piperazine rings is 1. The molecular weight excluding hydrogens is 409 g/mol. The lowest BCUT2D eigenvalue weighted by molar-refractivity contribution is -0.154. The number of nitrogens with one attached hydrogen (secondary N) is 1. The third-order valence-electron chi connectivity index (χ3n) is 4.58. The molecule has 1 aromatic heterocycles. The van der Waals surface area contributed by atoms with E-state index >= 15 is 0 Å². The predicted molar refractivity (Wildman–Crippen MR) is 111 cm³/mol. The molecule has 162 valence electrons. The van der Waals surface area contributed by atoms with Crippen LogP contribution >= 0.6 is 0 Å². The van der Waals surface area contributed by atoms with Gasteiger partial charge in [0.1, 0.15) is 0 Å². The van der Waals surface area contributed by atoms with Crippen molar-refractivity contribution in [1.82, 2.24) is 20.3 Å². The van der Waals surface area contributed by atoms with E-state index in [9.17, 15) is 13.2 Å². The summed E-state index contributed by atoms with van der Waals surface area (Å²) < 4.78 is 43.2. The van der Waals surface area contributed by atoms with Crippen LogP contribution in [0.15, 0.2) is 60.7 Å². The lowest BCUT2D eigenvalue weighted by Crippen LogP contribution is -2.44. The Balaban J connectivity index is 1.79. The minimum absolute atomic E-state index is 0.179. The number of anilines is 4. The van der Waals surface area contributed by atoms with Crippen molar-refractivity contribution >= 4 is 23.3 Å². The van der Waals surface area contributed by atoms with Crippen LogP contribution in [0.2, 0.25) is 0 Å². The average molecular weight is 430 g/mol. The van der Waals surface area contributed by atoms with Gasteiger partial charge in [0, 0.05) is 37.6 Å². The predicted octanol–water partition coefficient (Wildman–Crippen LogP) is 3.69. The molecule has 0 amide bonds. The highest BCUT2D eigenvalue weighted by Crippen LogP contribution is 2.33. The zero-order valence-electron chi connectivity index (χ0n) is 16.6. The van der Waals surface area contributed by atoms with E-state index < -0.39 is 12.8 Å². The molecule has 7 nitrogen and oxygen atoms in total. The lowest BCUT2D eigenvalue weighted by atomic mass is 10.2. The molecule has 4 rings (SSSR count). The van der Waals surface area contributed by atoms with E-state index in [4.69, 9.17) is 4.74 Å². The maximum absolute atomic E-state index is 12.8. The molecule has 1 fully saturated rings. The van der Waals surface area contributed by atoms with Gasteiger partial charge in [0.25, 0.3) is 0 Å². The van der Waals surface area contributed by atoms with Gasteiger partial charge in [-0.1, -0.05) is 36.4 Å². The largest absolute Gasteiger partial charge is 0.454 e. The van der Waals surface area contributed by atoms with E-state index in [0.717, 1.165) is 24.5 Å². The Morgan fingerprint density at radius 2 is 1.45 bits per heavy atom. The van der Waals surface area contributed by atoms with Gasteiger partial charge in [-0.25, -0.2) is 0 Å². The second-order valence-electron chi connectivity index (χ2n) is 6.87. The zero-order valence-corrected chi connectivity index (χ0v) is 16.6. The van der Waals surface area contributed by atoms with Gasteiger partial charge >= 0.3 is 12.2 Å². The molecule has 0 saturated carbocycles. The standard InChI is InChI=1S/C21H21F3N6O/c22-21(23,24)15-31-20-27-18(29-13-11-25-12-14-29)26-19(28-20)30(16-7-3-1-4-8-16)17-9-5-2-6-10-17/h1-10,25H,11-15H2. The third kappa shape index (κ3) is 5.40. The fraction of sp³-hybridized carbons (Fsp3) is 0.286. The molecule has 3 aromatic rings. The highest BCUT2D eigenvalue weighted by molar-refractivity contribution is 5.72.